The van der Waals surface area contributed by atoms with Gasteiger partial charge in [-0.1, -0.05) is 5.21 Å². The minimum atomic E-state index is -1.25. The zero-order valence-electron chi connectivity index (χ0n) is 11.9. The van der Waals surface area contributed by atoms with Crippen molar-refractivity contribution in [2.75, 3.05) is 0 Å². The zero-order valence-corrected chi connectivity index (χ0v) is 11.9. The maximum absolute atomic E-state index is 11.6. The van der Waals surface area contributed by atoms with Gasteiger partial charge in [-0.25, -0.2) is 14.3 Å². The molecule has 1 aromatic rings. The number of alkyl carbamates (subject to hydrolysis) is 1. The highest BCUT2D eigenvalue weighted by atomic mass is 16.6. The van der Waals surface area contributed by atoms with Gasteiger partial charge < -0.3 is 20.9 Å². The third kappa shape index (κ3) is 5.47. The van der Waals surface area contributed by atoms with Gasteiger partial charge in [0.25, 0.3) is 0 Å². The summed E-state index contributed by atoms with van der Waals surface area (Å²) in [5, 5.41) is 17.9. The molecule has 1 aromatic heterocycles. The molecule has 10 nitrogen and oxygen atoms in total. The molecule has 0 aliphatic heterocycles. The fourth-order valence-corrected chi connectivity index (χ4v) is 1.33. The van der Waals surface area contributed by atoms with E-state index in [1.165, 1.54) is 0 Å². The first-order valence-electron chi connectivity index (χ1n) is 6.01. The minimum absolute atomic E-state index is 0.158. The van der Waals surface area contributed by atoms with Gasteiger partial charge in [0, 0.05) is 0 Å². The van der Waals surface area contributed by atoms with Crippen molar-refractivity contribution in [3.05, 3.63) is 11.9 Å². The summed E-state index contributed by atoms with van der Waals surface area (Å²) in [4.78, 5) is 33.6. The summed E-state index contributed by atoms with van der Waals surface area (Å²) >= 11 is 0. The van der Waals surface area contributed by atoms with Gasteiger partial charge in [0.2, 0.25) is 5.91 Å². The molecule has 0 saturated carbocycles. The van der Waals surface area contributed by atoms with Crippen LogP contribution in [0.5, 0.6) is 0 Å². The molecule has 2 amide bonds. The Morgan fingerprint density at radius 3 is 2.52 bits per heavy atom. The van der Waals surface area contributed by atoms with Crippen LogP contribution >= 0.6 is 0 Å². The van der Waals surface area contributed by atoms with E-state index in [1.54, 1.807) is 20.8 Å². The molecular formula is C11H17N5O5. The molecule has 0 bridgehead atoms. The van der Waals surface area contributed by atoms with Gasteiger partial charge in [-0.2, -0.15) is 0 Å². The van der Waals surface area contributed by atoms with Crippen LogP contribution in [0.15, 0.2) is 6.20 Å². The number of nitrogens with two attached hydrogens (primary N) is 1. The van der Waals surface area contributed by atoms with Crippen LogP contribution < -0.4 is 11.1 Å². The van der Waals surface area contributed by atoms with Crippen molar-refractivity contribution in [2.45, 2.75) is 39.0 Å². The number of nitrogens with one attached hydrogen (secondary N) is 1. The topological polar surface area (TPSA) is 149 Å². The highest BCUT2D eigenvalue weighted by Crippen LogP contribution is 2.07. The molecule has 21 heavy (non-hydrogen) atoms. The van der Waals surface area contributed by atoms with E-state index in [2.05, 4.69) is 15.6 Å². The summed E-state index contributed by atoms with van der Waals surface area (Å²) in [6, 6.07) is -1.11. The summed E-state index contributed by atoms with van der Waals surface area (Å²) < 4.78 is 6.10. The Bertz CT molecular complexity index is 547. The Morgan fingerprint density at radius 2 is 2.10 bits per heavy atom. The molecule has 0 aromatic carbocycles. The Labute approximate surface area is 120 Å². The molecule has 1 heterocycles. The number of aromatic carboxylic acids is 1. The lowest BCUT2D eigenvalue weighted by molar-refractivity contribution is -0.120. The van der Waals surface area contributed by atoms with E-state index in [4.69, 9.17) is 15.6 Å². The van der Waals surface area contributed by atoms with E-state index < -0.39 is 29.6 Å². The standard InChI is InChI=1S/C11H17N5O5/c1-11(2,3)21-10(20)13-6(8(12)17)4-16-5-7(9(18)19)14-15-16/h5-6H,4H2,1-3H3,(H2,12,17)(H,13,20)(H,18,19)/t6-/m0/s1. The number of carbonyl (C=O) groups is 3. The Balaban J connectivity index is 2.71. The number of hydrogen-bond acceptors (Lipinski definition) is 6. The van der Waals surface area contributed by atoms with Crippen molar-refractivity contribution in [3.8, 4) is 0 Å². The smallest absolute Gasteiger partial charge is 0.408 e. The van der Waals surface area contributed by atoms with Crippen LogP contribution in [0.4, 0.5) is 4.79 Å². The molecule has 0 radical (unpaired) electrons. The van der Waals surface area contributed by atoms with Crippen molar-refractivity contribution in [2.24, 2.45) is 5.73 Å². The molecule has 0 fully saturated rings. The van der Waals surface area contributed by atoms with Crippen molar-refractivity contribution >= 4 is 18.0 Å². The van der Waals surface area contributed by atoms with E-state index in [-0.39, 0.29) is 12.2 Å². The highest BCUT2D eigenvalue weighted by Gasteiger charge is 2.23. The SMILES string of the molecule is CC(C)(C)OC(=O)N[C@@H](Cn1cc(C(=O)O)nn1)C(N)=O. The summed E-state index contributed by atoms with van der Waals surface area (Å²) in [6.07, 6.45) is 0.305. The second-order valence-electron chi connectivity index (χ2n) is 5.23. The first-order chi connectivity index (χ1) is 9.58. The van der Waals surface area contributed by atoms with Crippen LogP contribution in [0.3, 0.4) is 0 Å². The van der Waals surface area contributed by atoms with Crippen LogP contribution in [0.1, 0.15) is 31.3 Å². The minimum Gasteiger partial charge on any atom is -0.476 e. The van der Waals surface area contributed by atoms with E-state index >= 15 is 0 Å². The third-order valence-electron chi connectivity index (χ3n) is 2.16. The number of carboxylic acids is 1. The number of primary amides is 1. The third-order valence-corrected chi connectivity index (χ3v) is 2.16. The summed E-state index contributed by atoms with van der Waals surface area (Å²) in [5.41, 5.74) is 4.17. The molecule has 1 rings (SSSR count). The molecule has 0 aliphatic carbocycles. The molecule has 0 unspecified atom stereocenters. The van der Waals surface area contributed by atoms with Crippen LogP contribution in [0, 0.1) is 0 Å². The quantitative estimate of drug-likeness (QED) is 0.654. The van der Waals surface area contributed by atoms with Gasteiger partial charge in [-0.05, 0) is 20.8 Å². The number of hydrogen-bond donors (Lipinski definition) is 3. The number of amides is 2. The fourth-order valence-electron chi connectivity index (χ4n) is 1.33. The monoisotopic (exact) mass is 299 g/mol. The average molecular weight is 299 g/mol. The highest BCUT2D eigenvalue weighted by molar-refractivity contribution is 5.85. The summed E-state index contributed by atoms with van der Waals surface area (Å²) in [6.45, 7) is 4.85. The number of carbonyl (C=O) groups excluding carboxylic acids is 2. The summed E-state index contributed by atoms with van der Waals surface area (Å²) in [7, 11) is 0. The second-order valence-corrected chi connectivity index (χ2v) is 5.23. The van der Waals surface area contributed by atoms with E-state index in [0.717, 1.165) is 10.9 Å². The van der Waals surface area contributed by atoms with Crippen LogP contribution in [-0.4, -0.2) is 49.7 Å². The van der Waals surface area contributed by atoms with E-state index in [0.29, 0.717) is 0 Å². The van der Waals surface area contributed by atoms with Crippen LogP contribution in [-0.2, 0) is 16.1 Å². The van der Waals surface area contributed by atoms with Crippen molar-refractivity contribution < 1.29 is 24.2 Å². The summed E-state index contributed by atoms with van der Waals surface area (Å²) in [5.74, 6) is -2.06. The van der Waals surface area contributed by atoms with Gasteiger partial charge in [0.1, 0.15) is 11.6 Å². The van der Waals surface area contributed by atoms with Gasteiger partial charge in [0.15, 0.2) is 5.69 Å². The Kier molecular flexibility index (Phi) is 4.84. The van der Waals surface area contributed by atoms with E-state index in [9.17, 15) is 14.4 Å². The lowest BCUT2D eigenvalue weighted by Crippen LogP contribution is -2.48. The van der Waals surface area contributed by atoms with E-state index in [1.807, 2.05) is 0 Å². The molecule has 116 valence electrons. The molecule has 1 atom stereocenters. The molecule has 0 spiro atoms. The molecular weight excluding hydrogens is 282 g/mol. The number of ether oxygens (including phenoxy) is 1. The van der Waals surface area contributed by atoms with Gasteiger partial charge in [-0.3, -0.25) is 4.79 Å². The molecule has 10 heteroatoms. The lowest BCUT2D eigenvalue weighted by atomic mass is 10.2. The Hall–Kier alpha value is -2.65. The fraction of sp³-hybridized carbons (Fsp3) is 0.545. The number of rotatable bonds is 5. The molecule has 0 saturated heterocycles. The largest absolute Gasteiger partial charge is 0.476 e. The van der Waals surface area contributed by atoms with Crippen LogP contribution in [0.25, 0.3) is 0 Å². The normalized spacial score (nSPS) is 12.5. The maximum Gasteiger partial charge on any atom is 0.408 e. The second kappa shape index (κ2) is 6.20. The average Bonchev–Trinajstić information content (AvgIpc) is 2.74. The Morgan fingerprint density at radius 1 is 1.48 bits per heavy atom. The zero-order chi connectivity index (χ0) is 16.2. The molecule has 4 N–H and O–H groups in total. The van der Waals surface area contributed by atoms with Gasteiger partial charge in [-0.15, -0.1) is 5.10 Å². The number of aromatic nitrogens is 3. The van der Waals surface area contributed by atoms with Crippen molar-refractivity contribution in [3.63, 3.8) is 0 Å². The first kappa shape index (κ1) is 16.4. The lowest BCUT2D eigenvalue weighted by Gasteiger charge is -2.22. The predicted molar refractivity (Wildman–Crippen MR) is 69.3 cm³/mol. The van der Waals surface area contributed by atoms with Gasteiger partial charge in [0.05, 0.1) is 12.7 Å². The number of nitrogens with zero attached hydrogens (tertiary/aromatic N) is 3. The first-order valence-corrected chi connectivity index (χ1v) is 6.01. The molecule has 0 aliphatic rings. The predicted octanol–water partition coefficient (Wildman–Crippen LogP) is -0.645. The van der Waals surface area contributed by atoms with Crippen molar-refractivity contribution in [1.82, 2.24) is 20.3 Å². The maximum atomic E-state index is 11.6. The van der Waals surface area contributed by atoms with Crippen LogP contribution in [0.2, 0.25) is 0 Å². The van der Waals surface area contributed by atoms with Gasteiger partial charge >= 0.3 is 12.1 Å². The number of carboxylic acid groups (broad SMARTS) is 1. The van der Waals surface area contributed by atoms with Crippen molar-refractivity contribution in [1.29, 1.82) is 0 Å².